The number of hydrogen-bond donors (Lipinski definition) is 3. The van der Waals surface area contributed by atoms with Crippen LogP contribution in [0.25, 0.3) is 5.57 Å². The Morgan fingerprint density at radius 1 is 1.22 bits per heavy atom. The lowest BCUT2D eigenvalue weighted by Gasteiger charge is -2.48. The number of carbonyl (C=O) groups is 4. The van der Waals surface area contributed by atoms with Crippen molar-refractivity contribution in [3.63, 3.8) is 0 Å². The molecule has 2 aliphatic rings. The maximum atomic E-state index is 12.7. The Hall–Kier alpha value is -3.07. The van der Waals surface area contributed by atoms with Gasteiger partial charge in [-0.15, -0.1) is 11.8 Å². The van der Waals surface area contributed by atoms with Crippen LogP contribution in [0.4, 0.5) is 0 Å². The standard InChI is InChI=1S/C18H16N2O6S/c21-13(22)7-6-11(10-4-2-1-3-5-10)15(23)19-14-16(24)20-12(18(25)26)8-9-27-17(14)20/h1-6,8,14,17H,7,9H2,(H,19,23)(H,21,22)(H,25,26)/b11-6-/t14-,17-/m1/s1. The van der Waals surface area contributed by atoms with Crippen LogP contribution in [0.15, 0.2) is 48.2 Å². The molecule has 1 fully saturated rings. The van der Waals surface area contributed by atoms with Gasteiger partial charge in [0.2, 0.25) is 0 Å². The molecule has 0 aliphatic carbocycles. The van der Waals surface area contributed by atoms with E-state index in [9.17, 15) is 24.3 Å². The van der Waals surface area contributed by atoms with E-state index < -0.39 is 35.2 Å². The number of rotatable bonds is 6. The summed E-state index contributed by atoms with van der Waals surface area (Å²) in [5, 5.41) is 20.2. The molecule has 0 aromatic heterocycles. The Bertz CT molecular complexity index is 864. The molecule has 140 valence electrons. The third-order valence-electron chi connectivity index (χ3n) is 4.16. The van der Waals surface area contributed by atoms with Gasteiger partial charge in [-0.05, 0) is 11.6 Å². The van der Waals surface area contributed by atoms with Crippen LogP contribution in [0.2, 0.25) is 0 Å². The summed E-state index contributed by atoms with van der Waals surface area (Å²) in [5.74, 6) is -2.93. The molecular formula is C18H16N2O6S. The zero-order valence-electron chi connectivity index (χ0n) is 14.0. The predicted molar refractivity (Wildman–Crippen MR) is 97.4 cm³/mol. The lowest BCUT2D eigenvalue weighted by molar-refractivity contribution is -0.150. The van der Waals surface area contributed by atoms with E-state index in [2.05, 4.69) is 5.32 Å². The van der Waals surface area contributed by atoms with Crippen molar-refractivity contribution in [2.24, 2.45) is 0 Å². The average molecular weight is 388 g/mol. The molecule has 0 unspecified atom stereocenters. The normalized spacial score (nSPS) is 21.6. The lowest BCUT2D eigenvalue weighted by Crippen LogP contribution is -2.70. The summed E-state index contributed by atoms with van der Waals surface area (Å²) in [4.78, 5) is 48.3. The molecule has 9 heteroatoms. The van der Waals surface area contributed by atoms with Crippen molar-refractivity contribution in [3.05, 3.63) is 53.7 Å². The summed E-state index contributed by atoms with van der Waals surface area (Å²) in [6.07, 6.45) is 2.42. The molecule has 0 saturated carbocycles. The van der Waals surface area contributed by atoms with E-state index in [0.29, 0.717) is 11.3 Å². The van der Waals surface area contributed by atoms with E-state index in [1.54, 1.807) is 30.3 Å². The zero-order chi connectivity index (χ0) is 19.6. The molecule has 1 aromatic rings. The maximum Gasteiger partial charge on any atom is 0.352 e. The number of carboxylic acid groups (broad SMARTS) is 2. The van der Waals surface area contributed by atoms with Gasteiger partial charge in [-0.2, -0.15) is 0 Å². The number of β-lactam (4-membered cyclic amide) rings is 1. The van der Waals surface area contributed by atoms with Crippen LogP contribution in [0.5, 0.6) is 0 Å². The molecule has 1 aromatic carbocycles. The summed E-state index contributed by atoms with van der Waals surface area (Å²) in [6.45, 7) is 0. The molecule has 2 heterocycles. The first-order valence-electron chi connectivity index (χ1n) is 8.06. The van der Waals surface area contributed by atoms with Crippen LogP contribution in [-0.2, 0) is 19.2 Å². The second-order valence-electron chi connectivity index (χ2n) is 5.86. The molecule has 2 aliphatic heterocycles. The number of fused-ring (bicyclic) bond motifs is 1. The highest BCUT2D eigenvalue weighted by Gasteiger charge is 2.52. The first kappa shape index (κ1) is 18.7. The number of nitrogens with one attached hydrogen (secondary N) is 1. The SMILES string of the molecule is O=C(O)C/C=C(\C(=O)N[C@@H]1C(=O)N2C(C(=O)O)=CCS[C@H]12)c1ccccc1. The van der Waals surface area contributed by atoms with Crippen molar-refractivity contribution < 1.29 is 29.4 Å². The van der Waals surface area contributed by atoms with Gasteiger partial charge < -0.3 is 15.5 Å². The molecular weight excluding hydrogens is 372 g/mol. The number of hydrogen-bond acceptors (Lipinski definition) is 5. The van der Waals surface area contributed by atoms with Crippen molar-refractivity contribution in [1.82, 2.24) is 10.2 Å². The van der Waals surface area contributed by atoms with E-state index in [1.165, 1.54) is 23.9 Å². The van der Waals surface area contributed by atoms with Gasteiger partial charge in [-0.3, -0.25) is 19.3 Å². The molecule has 0 radical (unpaired) electrons. The van der Waals surface area contributed by atoms with Crippen molar-refractivity contribution in [2.45, 2.75) is 17.8 Å². The van der Waals surface area contributed by atoms with Crippen molar-refractivity contribution in [3.8, 4) is 0 Å². The van der Waals surface area contributed by atoms with Gasteiger partial charge >= 0.3 is 11.9 Å². The first-order chi connectivity index (χ1) is 12.9. The molecule has 2 amide bonds. The van der Waals surface area contributed by atoms with Crippen LogP contribution < -0.4 is 5.32 Å². The average Bonchev–Trinajstić information content (AvgIpc) is 2.66. The van der Waals surface area contributed by atoms with E-state index in [-0.39, 0.29) is 17.7 Å². The van der Waals surface area contributed by atoms with Crippen LogP contribution in [0, 0.1) is 0 Å². The van der Waals surface area contributed by atoms with Crippen LogP contribution >= 0.6 is 11.8 Å². The van der Waals surface area contributed by atoms with E-state index in [0.717, 1.165) is 4.90 Å². The second kappa shape index (κ2) is 7.67. The number of thioether (sulfide) groups is 1. The van der Waals surface area contributed by atoms with Gasteiger partial charge in [0.25, 0.3) is 11.8 Å². The largest absolute Gasteiger partial charge is 0.481 e. The molecule has 0 spiro atoms. The molecule has 1 saturated heterocycles. The van der Waals surface area contributed by atoms with Gasteiger partial charge in [0.15, 0.2) is 0 Å². The number of carboxylic acids is 2. The van der Waals surface area contributed by atoms with E-state index in [4.69, 9.17) is 5.11 Å². The maximum absolute atomic E-state index is 12.7. The van der Waals surface area contributed by atoms with Gasteiger partial charge in [-0.1, -0.05) is 36.4 Å². The highest BCUT2D eigenvalue weighted by atomic mass is 32.2. The minimum Gasteiger partial charge on any atom is -0.481 e. The summed E-state index contributed by atoms with van der Waals surface area (Å²) >= 11 is 1.35. The van der Waals surface area contributed by atoms with Crippen molar-refractivity contribution in [1.29, 1.82) is 0 Å². The van der Waals surface area contributed by atoms with Gasteiger partial charge in [-0.25, -0.2) is 4.79 Å². The zero-order valence-corrected chi connectivity index (χ0v) is 14.8. The minimum atomic E-state index is -1.19. The number of aliphatic carboxylic acids is 2. The Morgan fingerprint density at radius 3 is 2.56 bits per heavy atom. The fourth-order valence-corrected chi connectivity index (χ4v) is 4.10. The van der Waals surface area contributed by atoms with Crippen LogP contribution in [-0.4, -0.2) is 56.0 Å². The second-order valence-corrected chi connectivity index (χ2v) is 7.01. The smallest absolute Gasteiger partial charge is 0.352 e. The molecule has 27 heavy (non-hydrogen) atoms. The number of benzene rings is 1. The monoisotopic (exact) mass is 388 g/mol. The van der Waals surface area contributed by atoms with E-state index >= 15 is 0 Å². The van der Waals surface area contributed by atoms with Gasteiger partial charge in [0.05, 0.1) is 6.42 Å². The number of amides is 2. The van der Waals surface area contributed by atoms with E-state index in [1.807, 2.05) is 0 Å². The summed E-state index contributed by atoms with van der Waals surface area (Å²) in [6, 6.07) is 7.68. The predicted octanol–water partition coefficient (Wildman–Crippen LogP) is 0.913. The highest BCUT2D eigenvalue weighted by Crippen LogP contribution is 2.37. The Kier molecular flexibility index (Phi) is 5.31. The third-order valence-corrected chi connectivity index (χ3v) is 5.35. The van der Waals surface area contributed by atoms with Gasteiger partial charge in [0.1, 0.15) is 17.1 Å². The van der Waals surface area contributed by atoms with Crippen LogP contribution in [0.1, 0.15) is 12.0 Å². The quantitative estimate of drug-likeness (QED) is 0.489. The molecule has 8 nitrogen and oxygen atoms in total. The number of nitrogens with zero attached hydrogens (tertiary/aromatic N) is 1. The fraction of sp³-hybridized carbons (Fsp3) is 0.222. The first-order valence-corrected chi connectivity index (χ1v) is 9.11. The Balaban J connectivity index is 1.78. The molecule has 3 rings (SSSR count). The topological polar surface area (TPSA) is 124 Å². The van der Waals surface area contributed by atoms with Crippen molar-refractivity contribution in [2.75, 3.05) is 5.75 Å². The third kappa shape index (κ3) is 3.72. The van der Waals surface area contributed by atoms with Crippen molar-refractivity contribution >= 4 is 41.1 Å². The summed E-state index contributed by atoms with van der Waals surface area (Å²) in [5.41, 5.74) is 0.598. The molecule has 2 atom stereocenters. The minimum absolute atomic E-state index is 0.0843. The lowest BCUT2D eigenvalue weighted by atomic mass is 10.0. The summed E-state index contributed by atoms with van der Waals surface area (Å²) in [7, 11) is 0. The Labute approximate surface area is 158 Å². The highest BCUT2D eigenvalue weighted by molar-refractivity contribution is 8.00. The fourth-order valence-electron chi connectivity index (χ4n) is 2.91. The number of carbonyl (C=O) groups excluding carboxylic acids is 2. The van der Waals surface area contributed by atoms with Crippen LogP contribution in [0.3, 0.4) is 0 Å². The Morgan fingerprint density at radius 2 is 1.93 bits per heavy atom. The summed E-state index contributed by atoms with van der Waals surface area (Å²) < 4.78 is 0. The molecule has 0 bridgehead atoms. The van der Waals surface area contributed by atoms with Gasteiger partial charge in [0, 0.05) is 11.3 Å². The molecule has 3 N–H and O–H groups in total.